The first-order chi connectivity index (χ1) is 10.3. The number of benzene rings is 1. The molecule has 21 heavy (non-hydrogen) atoms. The van der Waals surface area contributed by atoms with E-state index in [0.29, 0.717) is 0 Å². The molecule has 0 aliphatic carbocycles. The van der Waals surface area contributed by atoms with Crippen LogP contribution in [-0.2, 0) is 6.42 Å². The van der Waals surface area contributed by atoms with Crippen LogP contribution in [0.2, 0.25) is 0 Å². The van der Waals surface area contributed by atoms with Crippen molar-refractivity contribution in [2.45, 2.75) is 11.3 Å². The van der Waals surface area contributed by atoms with Crippen molar-refractivity contribution in [2.24, 2.45) is 0 Å². The molecule has 1 aromatic carbocycles. The van der Waals surface area contributed by atoms with Gasteiger partial charge in [-0.2, -0.15) is 0 Å². The molecule has 3 aromatic rings. The number of hydrogen-bond acceptors (Lipinski definition) is 4. The van der Waals surface area contributed by atoms with Crippen LogP contribution in [0.15, 0.2) is 47.6 Å². The van der Waals surface area contributed by atoms with Crippen LogP contribution in [0.1, 0.15) is 4.88 Å². The fourth-order valence-corrected chi connectivity index (χ4v) is 4.61. The van der Waals surface area contributed by atoms with E-state index in [0.717, 1.165) is 38.9 Å². The van der Waals surface area contributed by atoms with Crippen molar-refractivity contribution in [3.8, 4) is 21.8 Å². The molecule has 0 saturated heterocycles. The lowest BCUT2D eigenvalue weighted by Crippen LogP contribution is -1.86. The Bertz CT molecular complexity index is 799. The minimum Gasteiger partial charge on any atom is -0.264 e. The highest BCUT2D eigenvalue weighted by molar-refractivity contribution is 7.99. The predicted molar refractivity (Wildman–Crippen MR) is 85.2 cm³/mol. The van der Waals surface area contributed by atoms with Gasteiger partial charge in [0.1, 0.15) is 10.8 Å². The lowest BCUT2D eigenvalue weighted by Gasteiger charge is -2.04. The number of pyridine rings is 1. The molecule has 0 bridgehead atoms. The van der Waals surface area contributed by atoms with E-state index in [9.17, 15) is 4.39 Å². The van der Waals surface area contributed by atoms with Gasteiger partial charge in [0.25, 0.3) is 0 Å². The molecular weight excluding hydrogens is 303 g/mol. The Labute approximate surface area is 130 Å². The molecule has 0 N–H and O–H groups in total. The van der Waals surface area contributed by atoms with Gasteiger partial charge in [-0.1, -0.05) is 0 Å². The highest BCUT2D eigenvalue weighted by Gasteiger charge is 2.20. The Morgan fingerprint density at radius 3 is 3.00 bits per heavy atom. The number of thiazole rings is 1. The molecule has 0 radical (unpaired) electrons. The van der Waals surface area contributed by atoms with Crippen LogP contribution in [0.3, 0.4) is 0 Å². The Kier molecular flexibility index (Phi) is 3.24. The molecule has 0 atom stereocenters. The van der Waals surface area contributed by atoms with Crippen molar-refractivity contribution < 1.29 is 4.39 Å². The van der Waals surface area contributed by atoms with E-state index >= 15 is 0 Å². The van der Waals surface area contributed by atoms with E-state index in [1.807, 2.05) is 24.4 Å². The summed E-state index contributed by atoms with van der Waals surface area (Å²) in [5.41, 5.74) is 2.86. The lowest BCUT2D eigenvalue weighted by atomic mass is 10.1. The number of fused-ring (bicyclic) bond motifs is 3. The summed E-state index contributed by atoms with van der Waals surface area (Å²) in [6.45, 7) is 0. The summed E-state index contributed by atoms with van der Waals surface area (Å²) in [5.74, 6) is 0.790. The maximum absolute atomic E-state index is 13.6. The average Bonchev–Trinajstić information content (AvgIpc) is 2.87. The molecule has 3 heterocycles. The molecule has 0 spiro atoms. The quantitative estimate of drug-likeness (QED) is 0.653. The second-order valence-corrected chi connectivity index (χ2v) is 6.99. The van der Waals surface area contributed by atoms with Crippen LogP contribution >= 0.6 is 23.1 Å². The molecule has 0 saturated carbocycles. The van der Waals surface area contributed by atoms with Gasteiger partial charge < -0.3 is 0 Å². The Morgan fingerprint density at radius 1 is 1.19 bits per heavy atom. The maximum atomic E-state index is 13.6. The topological polar surface area (TPSA) is 25.8 Å². The first-order valence-corrected chi connectivity index (χ1v) is 8.44. The highest BCUT2D eigenvalue weighted by atomic mass is 32.2. The second-order valence-electron chi connectivity index (χ2n) is 4.77. The third-order valence-electron chi connectivity index (χ3n) is 3.39. The van der Waals surface area contributed by atoms with Gasteiger partial charge in [0.2, 0.25) is 0 Å². The van der Waals surface area contributed by atoms with Crippen molar-refractivity contribution in [3.05, 3.63) is 53.4 Å². The van der Waals surface area contributed by atoms with Gasteiger partial charge in [0, 0.05) is 39.0 Å². The number of aromatic nitrogens is 2. The molecule has 0 unspecified atom stereocenters. The Hall–Kier alpha value is -1.72. The number of halogens is 1. The normalized spacial score (nSPS) is 13.4. The Balaban J connectivity index is 1.89. The van der Waals surface area contributed by atoms with Gasteiger partial charge in [0.05, 0.1) is 5.69 Å². The van der Waals surface area contributed by atoms with Gasteiger partial charge in [-0.3, -0.25) is 4.98 Å². The van der Waals surface area contributed by atoms with E-state index in [1.54, 1.807) is 35.4 Å². The van der Waals surface area contributed by atoms with Crippen LogP contribution < -0.4 is 0 Å². The van der Waals surface area contributed by atoms with Crippen LogP contribution in [0.4, 0.5) is 4.39 Å². The standard InChI is InChI=1S/C16H11FN2S2/c17-11-3-4-13-12(8-11)15-14(5-7-20-13)21-16(19-15)10-2-1-6-18-9-10/h1-4,6,8-9H,5,7H2. The van der Waals surface area contributed by atoms with Crippen LogP contribution in [0, 0.1) is 5.82 Å². The first kappa shape index (κ1) is 13.0. The number of thioether (sulfide) groups is 1. The number of rotatable bonds is 1. The number of nitrogens with zero attached hydrogens (tertiary/aromatic N) is 2. The number of aryl methyl sites for hydroxylation is 1. The fraction of sp³-hybridized carbons (Fsp3) is 0.125. The third-order valence-corrected chi connectivity index (χ3v) is 5.63. The lowest BCUT2D eigenvalue weighted by molar-refractivity contribution is 0.627. The van der Waals surface area contributed by atoms with Crippen molar-refractivity contribution in [1.82, 2.24) is 9.97 Å². The summed E-state index contributed by atoms with van der Waals surface area (Å²) < 4.78 is 13.6. The molecular formula is C16H11FN2S2. The molecule has 2 aromatic heterocycles. The predicted octanol–water partition coefficient (Wildman–Crippen LogP) is 4.66. The van der Waals surface area contributed by atoms with Gasteiger partial charge in [-0.05, 0) is 36.8 Å². The maximum Gasteiger partial charge on any atom is 0.125 e. The largest absolute Gasteiger partial charge is 0.264 e. The van der Waals surface area contributed by atoms with Crippen LogP contribution in [0.5, 0.6) is 0 Å². The average molecular weight is 314 g/mol. The van der Waals surface area contributed by atoms with Crippen molar-refractivity contribution in [1.29, 1.82) is 0 Å². The van der Waals surface area contributed by atoms with Gasteiger partial charge >= 0.3 is 0 Å². The monoisotopic (exact) mass is 314 g/mol. The zero-order valence-corrected chi connectivity index (χ0v) is 12.7. The van der Waals surface area contributed by atoms with E-state index in [2.05, 4.69) is 4.98 Å². The minimum absolute atomic E-state index is 0.210. The summed E-state index contributed by atoms with van der Waals surface area (Å²) >= 11 is 3.45. The second kappa shape index (κ2) is 5.24. The molecule has 1 aliphatic rings. The molecule has 2 nitrogen and oxygen atoms in total. The van der Waals surface area contributed by atoms with E-state index < -0.39 is 0 Å². The van der Waals surface area contributed by atoms with Gasteiger partial charge in [-0.15, -0.1) is 23.1 Å². The Morgan fingerprint density at radius 2 is 2.14 bits per heavy atom. The molecule has 4 rings (SSSR count). The fourth-order valence-electron chi connectivity index (χ4n) is 2.41. The molecule has 104 valence electrons. The van der Waals surface area contributed by atoms with Crippen molar-refractivity contribution in [2.75, 3.05) is 5.75 Å². The van der Waals surface area contributed by atoms with E-state index in [1.165, 1.54) is 10.9 Å². The van der Waals surface area contributed by atoms with Crippen molar-refractivity contribution in [3.63, 3.8) is 0 Å². The molecule has 0 amide bonds. The SMILES string of the molecule is Fc1ccc2c(c1)-c1nc(-c3cccnc3)sc1CCS2. The third kappa shape index (κ3) is 2.36. The summed E-state index contributed by atoms with van der Waals surface area (Å²) in [6, 6.07) is 8.88. The zero-order valence-electron chi connectivity index (χ0n) is 11.0. The minimum atomic E-state index is -0.210. The zero-order chi connectivity index (χ0) is 14.2. The summed E-state index contributed by atoms with van der Waals surface area (Å²) in [5, 5.41) is 0.954. The summed E-state index contributed by atoms with van der Waals surface area (Å²) in [4.78, 5) is 11.2. The van der Waals surface area contributed by atoms with E-state index in [-0.39, 0.29) is 5.82 Å². The van der Waals surface area contributed by atoms with Gasteiger partial charge in [-0.25, -0.2) is 9.37 Å². The summed E-state index contributed by atoms with van der Waals surface area (Å²) in [6.07, 6.45) is 4.54. The molecule has 1 aliphatic heterocycles. The highest BCUT2D eigenvalue weighted by Crippen LogP contribution is 2.41. The van der Waals surface area contributed by atoms with Crippen LogP contribution in [0.25, 0.3) is 21.8 Å². The van der Waals surface area contributed by atoms with E-state index in [4.69, 9.17) is 4.98 Å². The first-order valence-electron chi connectivity index (χ1n) is 6.64. The van der Waals surface area contributed by atoms with Gasteiger partial charge in [0.15, 0.2) is 0 Å². The molecule has 5 heteroatoms. The molecule has 0 fully saturated rings. The smallest absolute Gasteiger partial charge is 0.125 e. The van der Waals surface area contributed by atoms with Crippen molar-refractivity contribution >= 4 is 23.1 Å². The van der Waals surface area contributed by atoms with Crippen LogP contribution in [-0.4, -0.2) is 15.7 Å². The number of hydrogen-bond donors (Lipinski definition) is 0. The summed E-state index contributed by atoms with van der Waals surface area (Å²) in [7, 11) is 0.